The molecule has 0 atom stereocenters. The average Bonchev–Trinajstić information content (AvgIpc) is 2.76. The van der Waals surface area contributed by atoms with Crippen molar-refractivity contribution in [1.82, 2.24) is 15.6 Å². The van der Waals surface area contributed by atoms with Crippen LogP contribution in [0.4, 0.5) is 0 Å². The number of pyridine rings is 1. The van der Waals surface area contributed by atoms with Crippen LogP contribution >= 0.6 is 31.9 Å². The maximum Gasteiger partial charge on any atom is 0.269 e. The zero-order chi connectivity index (χ0) is 21.3. The van der Waals surface area contributed by atoms with Gasteiger partial charge < -0.3 is 10.6 Å². The fourth-order valence-electron chi connectivity index (χ4n) is 2.83. The smallest absolute Gasteiger partial charge is 0.269 e. The molecule has 1 aromatic heterocycles. The first kappa shape index (κ1) is 22.2. The summed E-state index contributed by atoms with van der Waals surface area (Å²) < 4.78 is 2.04. The topological polar surface area (TPSA) is 71.1 Å². The molecule has 0 spiro atoms. The number of amides is 2. The predicted molar refractivity (Wildman–Crippen MR) is 125 cm³/mol. The van der Waals surface area contributed by atoms with Crippen molar-refractivity contribution in [2.75, 3.05) is 13.1 Å². The lowest BCUT2D eigenvalue weighted by Crippen LogP contribution is -2.28. The van der Waals surface area contributed by atoms with Crippen molar-refractivity contribution in [3.63, 3.8) is 0 Å². The summed E-state index contributed by atoms with van der Waals surface area (Å²) in [6, 6.07) is 19.1. The van der Waals surface area contributed by atoms with Crippen molar-refractivity contribution in [3.05, 3.63) is 98.2 Å². The number of hydrogen-bond donors (Lipinski definition) is 2. The molecule has 0 saturated heterocycles. The zero-order valence-corrected chi connectivity index (χ0v) is 19.4. The summed E-state index contributed by atoms with van der Waals surface area (Å²) in [5, 5.41) is 5.73. The fraction of sp³-hybridized carbons (Fsp3) is 0.174. The van der Waals surface area contributed by atoms with Crippen LogP contribution in [0.1, 0.15) is 32.0 Å². The first-order valence-electron chi connectivity index (χ1n) is 9.52. The van der Waals surface area contributed by atoms with Gasteiger partial charge >= 0.3 is 0 Å². The summed E-state index contributed by atoms with van der Waals surface area (Å²) in [6.07, 6.45) is 2.93. The van der Waals surface area contributed by atoms with Gasteiger partial charge in [-0.1, -0.05) is 56.1 Å². The van der Waals surface area contributed by atoms with E-state index in [0.29, 0.717) is 18.7 Å². The minimum absolute atomic E-state index is 0.224. The Hall–Kier alpha value is -2.51. The van der Waals surface area contributed by atoms with Gasteiger partial charge in [0.25, 0.3) is 11.8 Å². The lowest BCUT2D eigenvalue weighted by Gasteiger charge is -2.08. The van der Waals surface area contributed by atoms with Crippen molar-refractivity contribution in [1.29, 1.82) is 0 Å². The molecule has 5 nitrogen and oxygen atoms in total. The number of nitrogens with one attached hydrogen (secondary N) is 2. The van der Waals surface area contributed by atoms with E-state index in [4.69, 9.17) is 0 Å². The Balaban J connectivity index is 1.48. The molecule has 0 saturated carbocycles. The summed E-state index contributed by atoms with van der Waals surface area (Å²) in [4.78, 5) is 28.9. The Kier molecular flexibility index (Phi) is 8.16. The first-order valence-corrected chi connectivity index (χ1v) is 11.1. The summed E-state index contributed by atoms with van der Waals surface area (Å²) in [6.45, 7) is 1.00. The number of carbonyl (C=O) groups is 2. The number of hydrogen-bond acceptors (Lipinski definition) is 3. The van der Waals surface area contributed by atoms with Crippen LogP contribution in [0.2, 0.25) is 0 Å². The Morgan fingerprint density at radius 1 is 0.733 bits per heavy atom. The van der Waals surface area contributed by atoms with Crippen LogP contribution < -0.4 is 10.6 Å². The van der Waals surface area contributed by atoms with Crippen LogP contribution in [0.25, 0.3) is 0 Å². The van der Waals surface area contributed by atoms with Crippen LogP contribution in [0.5, 0.6) is 0 Å². The summed E-state index contributed by atoms with van der Waals surface area (Å²) in [5.74, 6) is -0.518. The van der Waals surface area contributed by atoms with Gasteiger partial charge in [-0.3, -0.25) is 14.6 Å². The Morgan fingerprint density at radius 3 is 1.77 bits per heavy atom. The van der Waals surface area contributed by atoms with Gasteiger partial charge in [-0.2, -0.15) is 0 Å². The first-order chi connectivity index (χ1) is 14.5. The maximum absolute atomic E-state index is 12.4. The van der Waals surface area contributed by atoms with E-state index < -0.39 is 0 Å². The number of rotatable bonds is 8. The molecule has 0 radical (unpaired) electrons. The molecule has 0 fully saturated rings. The highest BCUT2D eigenvalue weighted by Crippen LogP contribution is 2.11. The maximum atomic E-state index is 12.4. The molecule has 3 aromatic rings. The quantitative estimate of drug-likeness (QED) is 0.448. The largest absolute Gasteiger partial charge is 0.352 e. The predicted octanol–water partition coefficient (Wildman–Crippen LogP) is 4.55. The number of carbonyl (C=O) groups excluding carboxylic acids is 2. The van der Waals surface area contributed by atoms with Crippen molar-refractivity contribution in [3.8, 4) is 0 Å². The number of halogens is 2. The van der Waals surface area contributed by atoms with Crippen molar-refractivity contribution in [2.45, 2.75) is 12.8 Å². The molecule has 2 amide bonds. The second-order valence-electron chi connectivity index (χ2n) is 6.69. The summed E-state index contributed by atoms with van der Waals surface area (Å²) in [5.41, 5.74) is 2.91. The van der Waals surface area contributed by atoms with Crippen LogP contribution in [0.15, 0.2) is 75.8 Å². The molecule has 0 aliphatic rings. The second kappa shape index (κ2) is 11.0. The lowest BCUT2D eigenvalue weighted by atomic mass is 10.1. The van der Waals surface area contributed by atoms with Gasteiger partial charge in [0, 0.05) is 33.8 Å². The van der Waals surface area contributed by atoms with E-state index in [1.54, 1.807) is 6.07 Å². The molecule has 2 N–H and O–H groups in total. The molecule has 30 heavy (non-hydrogen) atoms. The SMILES string of the molecule is O=C(NCCc1ccc(Br)cc1)c1ccnc(C(=O)NCCc2ccc(Br)cc2)c1. The van der Waals surface area contributed by atoms with Gasteiger partial charge in [0.15, 0.2) is 0 Å². The monoisotopic (exact) mass is 529 g/mol. The minimum atomic E-state index is -0.295. The standard InChI is InChI=1S/C23H21Br2N3O2/c24-19-5-1-16(2-6-19)9-12-27-22(29)18-11-14-26-21(15-18)23(30)28-13-10-17-3-7-20(25)8-4-17/h1-8,11,14-15H,9-10,12-13H2,(H,27,29)(H,28,30). The molecule has 0 aliphatic heterocycles. The van der Waals surface area contributed by atoms with Gasteiger partial charge in [0.1, 0.15) is 5.69 Å². The number of nitrogens with zero attached hydrogens (tertiary/aromatic N) is 1. The van der Waals surface area contributed by atoms with Crippen LogP contribution in [0.3, 0.4) is 0 Å². The third kappa shape index (κ3) is 6.78. The lowest BCUT2D eigenvalue weighted by molar-refractivity contribution is 0.0949. The van der Waals surface area contributed by atoms with Crippen molar-refractivity contribution in [2.24, 2.45) is 0 Å². The van der Waals surface area contributed by atoms with Gasteiger partial charge in [-0.05, 0) is 60.4 Å². The molecule has 0 unspecified atom stereocenters. The van der Waals surface area contributed by atoms with Crippen LogP contribution in [-0.2, 0) is 12.8 Å². The highest BCUT2D eigenvalue weighted by atomic mass is 79.9. The van der Waals surface area contributed by atoms with Gasteiger partial charge in [-0.15, -0.1) is 0 Å². The van der Waals surface area contributed by atoms with E-state index in [2.05, 4.69) is 47.5 Å². The molecule has 2 aromatic carbocycles. The highest BCUT2D eigenvalue weighted by Gasteiger charge is 2.11. The summed E-state index contributed by atoms with van der Waals surface area (Å²) >= 11 is 6.81. The van der Waals surface area contributed by atoms with Gasteiger partial charge in [0.2, 0.25) is 0 Å². The molecule has 0 aliphatic carbocycles. The zero-order valence-electron chi connectivity index (χ0n) is 16.2. The summed E-state index contributed by atoms with van der Waals surface area (Å²) in [7, 11) is 0. The van der Waals surface area contributed by atoms with E-state index >= 15 is 0 Å². The van der Waals surface area contributed by atoms with E-state index in [-0.39, 0.29) is 17.5 Å². The molecule has 0 bridgehead atoms. The molecule has 1 heterocycles. The molecule has 154 valence electrons. The van der Waals surface area contributed by atoms with Crippen LogP contribution in [-0.4, -0.2) is 29.9 Å². The van der Waals surface area contributed by atoms with Gasteiger partial charge in [0.05, 0.1) is 0 Å². The number of benzene rings is 2. The molecular weight excluding hydrogens is 510 g/mol. The third-order valence-corrected chi connectivity index (χ3v) is 5.54. The van der Waals surface area contributed by atoms with E-state index in [0.717, 1.165) is 32.9 Å². The average molecular weight is 531 g/mol. The van der Waals surface area contributed by atoms with E-state index in [1.165, 1.54) is 12.3 Å². The number of aromatic nitrogens is 1. The normalized spacial score (nSPS) is 10.5. The van der Waals surface area contributed by atoms with Crippen LogP contribution in [0, 0.1) is 0 Å². The Bertz CT molecular complexity index is 927. The van der Waals surface area contributed by atoms with E-state index in [1.807, 2.05) is 48.5 Å². The second-order valence-corrected chi connectivity index (χ2v) is 8.53. The Morgan fingerprint density at radius 2 is 1.23 bits per heavy atom. The fourth-order valence-corrected chi connectivity index (χ4v) is 3.36. The molecular formula is C23H21Br2N3O2. The third-order valence-electron chi connectivity index (χ3n) is 4.48. The van der Waals surface area contributed by atoms with E-state index in [9.17, 15) is 9.59 Å². The van der Waals surface area contributed by atoms with Crippen molar-refractivity contribution < 1.29 is 9.59 Å². The highest BCUT2D eigenvalue weighted by molar-refractivity contribution is 9.10. The molecule has 7 heteroatoms. The van der Waals surface area contributed by atoms with Gasteiger partial charge in [-0.25, -0.2) is 0 Å². The Labute approximate surface area is 192 Å². The van der Waals surface area contributed by atoms with Crippen molar-refractivity contribution >= 4 is 43.7 Å². The molecule has 3 rings (SSSR count). The minimum Gasteiger partial charge on any atom is -0.352 e.